The number of Topliss-reactive ketones (excluding diaryl/α,β-unsaturated/α-hetero) is 1. The van der Waals surface area contributed by atoms with Crippen LogP contribution < -0.4 is 21.7 Å². The molecule has 0 aromatic carbocycles. The molecule has 0 aromatic rings. The first-order valence-electron chi connectivity index (χ1n) is 17.4. The predicted octanol–water partition coefficient (Wildman–Crippen LogP) is 2.32. The number of primary amides is 1. The van der Waals surface area contributed by atoms with E-state index in [-0.39, 0.29) is 66.2 Å². The highest BCUT2D eigenvalue weighted by molar-refractivity contribution is 6.23. The highest BCUT2D eigenvalue weighted by Gasteiger charge is 2.38. The van der Waals surface area contributed by atoms with E-state index in [2.05, 4.69) is 16.0 Å². The number of nitrogens with two attached hydrogens (primary N) is 1. The van der Waals surface area contributed by atoms with Crippen LogP contribution in [0, 0.1) is 17.8 Å². The number of aliphatic hydroxyl groups excluding tert-OH is 1. The van der Waals surface area contributed by atoms with Gasteiger partial charge in [-0.2, -0.15) is 0 Å². The van der Waals surface area contributed by atoms with Gasteiger partial charge in [0.25, 0.3) is 11.8 Å². The maximum atomic E-state index is 13.9. The molecule has 0 unspecified atom stereocenters. The van der Waals surface area contributed by atoms with Gasteiger partial charge < -0.3 is 41.0 Å². The van der Waals surface area contributed by atoms with Crippen molar-refractivity contribution in [2.75, 3.05) is 27.3 Å². The third-order valence-electron chi connectivity index (χ3n) is 9.24. The molecule has 2 bridgehead atoms. The van der Waals surface area contributed by atoms with Crippen LogP contribution in [0.4, 0.5) is 9.59 Å². The smallest absolute Gasteiger partial charge is 0.405 e. The average Bonchev–Trinajstić information content (AvgIpc) is 3.33. The number of rotatable bonds is 9. The molecule has 5 amide bonds. The Hall–Kier alpha value is -4.60. The van der Waals surface area contributed by atoms with Gasteiger partial charge in [-0.25, -0.2) is 9.59 Å². The van der Waals surface area contributed by atoms with E-state index in [9.17, 15) is 33.9 Å². The highest BCUT2D eigenvalue weighted by atomic mass is 16.6. The number of allylic oxidation sites excluding steroid dienone is 4. The largest absolute Gasteiger partial charge is 0.439 e. The molecule has 6 N–H and O–H groups in total. The van der Waals surface area contributed by atoms with Gasteiger partial charge in [-0.05, 0) is 50.5 Å². The number of methoxy groups -OCH3 is 2. The van der Waals surface area contributed by atoms with Crippen molar-refractivity contribution in [3.63, 3.8) is 0 Å². The standard InChI is InChI=1S/C37H53N5O10/c1-19(2)14-26-35(47)42(37(49)41-26)13-12-39-30-24-15-20(3)16-29(51-8)31(44)22(5)17-23(6)33(52-36(38)48)28(50-7)11-9-10-21(4)34(46)40-25(32(24)45)18-27(30)43/h9-11,17-20,22,26,28-29,31,33,39,44H,12-16H2,1-8H3,(H2,38,48)(H,40,46)(H,41,49)/b11-9+,21-10-,23-17+/t20-,22+,26-,28+,29+,31-,33+/m1/s1. The van der Waals surface area contributed by atoms with Crippen molar-refractivity contribution in [3.8, 4) is 0 Å². The number of ether oxygens (including phenoxy) is 3. The van der Waals surface area contributed by atoms with Crippen LogP contribution in [-0.4, -0.2) is 103 Å². The van der Waals surface area contributed by atoms with Gasteiger partial charge in [0.1, 0.15) is 12.1 Å². The first-order chi connectivity index (χ1) is 24.5. The topological polar surface area (TPSA) is 216 Å². The van der Waals surface area contributed by atoms with Crippen LogP contribution >= 0.6 is 0 Å². The Morgan fingerprint density at radius 3 is 2.42 bits per heavy atom. The van der Waals surface area contributed by atoms with Gasteiger partial charge in [-0.15, -0.1) is 0 Å². The summed E-state index contributed by atoms with van der Waals surface area (Å²) < 4.78 is 16.7. The molecule has 286 valence electrons. The molecule has 0 saturated carbocycles. The Labute approximate surface area is 304 Å². The Bertz CT molecular complexity index is 1560. The van der Waals surface area contributed by atoms with Crippen molar-refractivity contribution in [1.29, 1.82) is 0 Å². The molecule has 0 aromatic heterocycles. The van der Waals surface area contributed by atoms with Gasteiger partial charge >= 0.3 is 12.1 Å². The summed E-state index contributed by atoms with van der Waals surface area (Å²) in [6.45, 7) is 10.7. The number of nitrogens with zero attached hydrogens (tertiary/aromatic N) is 1. The Kier molecular flexibility index (Phi) is 15.1. The zero-order valence-corrected chi connectivity index (χ0v) is 31.2. The molecule has 7 atom stereocenters. The fourth-order valence-corrected chi connectivity index (χ4v) is 6.49. The number of amides is 5. The lowest BCUT2D eigenvalue weighted by atomic mass is 9.85. The molecular weight excluding hydrogens is 674 g/mol. The second kappa shape index (κ2) is 18.8. The summed E-state index contributed by atoms with van der Waals surface area (Å²) in [7, 11) is 2.87. The summed E-state index contributed by atoms with van der Waals surface area (Å²) in [6.07, 6.45) is 3.61. The molecular formula is C37H53N5O10. The number of hydrogen-bond acceptors (Lipinski definition) is 11. The molecule has 0 radical (unpaired) electrons. The lowest BCUT2D eigenvalue weighted by Crippen LogP contribution is -2.40. The van der Waals surface area contributed by atoms with Crippen molar-refractivity contribution in [2.24, 2.45) is 23.5 Å². The average molecular weight is 728 g/mol. The van der Waals surface area contributed by atoms with Crippen LogP contribution in [0.25, 0.3) is 0 Å². The van der Waals surface area contributed by atoms with Gasteiger partial charge in [0.05, 0.1) is 23.6 Å². The van der Waals surface area contributed by atoms with E-state index in [0.29, 0.717) is 12.0 Å². The van der Waals surface area contributed by atoms with Crippen LogP contribution in [0.15, 0.2) is 58.5 Å². The van der Waals surface area contributed by atoms with Gasteiger partial charge in [0, 0.05) is 50.4 Å². The summed E-state index contributed by atoms with van der Waals surface area (Å²) in [5, 5.41) is 19.6. The first kappa shape index (κ1) is 41.8. The molecule has 1 aliphatic carbocycles. The molecule has 3 aliphatic rings. The Balaban J connectivity index is 1.98. The molecule has 2 heterocycles. The number of hydrogen-bond donors (Lipinski definition) is 5. The second-order valence-corrected chi connectivity index (χ2v) is 14.0. The van der Waals surface area contributed by atoms with Gasteiger partial charge in [-0.1, -0.05) is 52.0 Å². The van der Waals surface area contributed by atoms with E-state index in [0.717, 1.165) is 11.0 Å². The SMILES string of the molecule is CO[C@H]1/C=C/C=C(/C)C(=O)NC2=CC(=O)C(NCCN3C(=O)N[C@H](CC(C)C)C3=O)=C(C[C@@H](C)C[C@H](OC)[C@H](O)[C@@H](C)/C=C(\C)[C@@H]1OC(N)=O)C2=O. The predicted molar refractivity (Wildman–Crippen MR) is 191 cm³/mol. The number of fused-ring (bicyclic) bond motifs is 2. The lowest BCUT2D eigenvalue weighted by molar-refractivity contribution is -0.127. The summed E-state index contributed by atoms with van der Waals surface area (Å²) in [6, 6.07) is -1.15. The quantitative estimate of drug-likeness (QED) is 0.132. The van der Waals surface area contributed by atoms with Gasteiger partial charge in [-0.3, -0.25) is 24.1 Å². The summed E-state index contributed by atoms with van der Waals surface area (Å²) >= 11 is 0. The van der Waals surface area contributed by atoms with Crippen LogP contribution in [0.3, 0.4) is 0 Å². The van der Waals surface area contributed by atoms with Crippen molar-refractivity contribution in [3.05, 3.63) is 58.5 Å². The molecule has 1 saturated heterocycles. The molecule has 3 rings (SSSR count). The zero-order chi connectivity index (χ0) is 38.9. The van der Waals surface area contributed by atoms with E-state index in [1.165, 1.54) is 33.3 Å². The summed E-state index contributed by atoms with van der Waals surface area (Å²) in [5.74, 6) is -2.78. The molecule has 1 fully saturated rings. The van der Waals surface area contributed by atoms with E-state index < -0.39 is 66.0 Å². The van der Waals surface area contributed by atoms with Crippen LogP contribution in [-0.2, 0) is 33.4 Å². The van der Waals surface area contributed by atoms with E-state index >= 15 is 0 Å². The van der Waals surface area contributed by atoms with Gasteiger partial charge in [0.15, 0.2) is 6.10 Å². The van der Waals surface area contributed by atoms with Gasteiger partial charge in [0.2, 0.25) is 11.6 Å². The van der Waals surface area contributed by atoms with Crippen molar-refractivity contribution in [1.82, 2.24) is 20.9 Å². The van der Waals surface area contributed by atoms with E-state index in [1.54, 1.807) is 26.0 Å². The third-order valence-corrected chi connectivity index (χ3v) is 9.24. The number of imide groups is 1. The van der Waals surface area contributed by atoms with Crippen LogP contribution in [0.5, 0.6) is 0 Å². The third kappa shape index (κ3) is 10.7. The second-order valence-electron chi connectivity index (χ2n) is 14.0. The number of carbonyl (C=O) groups is 6. The fraction of sp³-hybridized carbons (Fsp3) is 0.568. The first-order valence-corrected chi connectivity index (χ1v) is 17.4. The Morgan fingerprint density at radius 2 is 1.81 bits per heavy atom. The number of carbonyl (C=O) groups excluding carboxylic acids is 6. The fourth-order valence-electron chi connectivity index (χ4n) is 6.49. The highest BCUT2D eigenvalue weighted by Crippen LogP contribution is 2.29. The summed E-state index contributed by atoms with van der Waals surface area (Å²) in [4.78, 5) is 79.0. The summed E-state index contributed by atoms with van der Waals surface area (Å²) in [5.41, 5.74) is 5.99. The van der Waals surface area contributed by atoms with Crippen molar-refractivity contribution < 1.29 is 48.1 Å². The van der Waals surface area contributed by atoms with Crippen LogP contribution in [0.1, 0.15) is 60.8 Å². The minimum atomic E-state index is -1.03. The van der Waals surface area contributed by atoms with Crippen molar-refractivity contribution >= 4 is 35.5 Å². The molecule has 52 heavy (non-hydrogen) atoms. The number of ketones is 2. The maximum absolute atomic E-state index is 13.9. The van der Waals surface area contributed by atoms with Crippen LogP contribution in [0.2, 0.25) is 0 Å². The number of nitrogens with one attached hydrogen (secondary N) is 3. The lowest BCUT2D eigenvalue weighted by Gasteiger charge is -2.30. The monoisotopic (exact) mass is 727 g/mol. The molecule has 2 aliphatic heterocycles. The Morgan fingerprint density at radius 1 is 1.12 bits per heavy atom. The minimum absolute atomic E-state index is 0.00491. The van der Waals surface area contributed by atoms with E-state index in [1.807, 2.05) is 20.8 Å². The molecule has 15 nitrogen and oxygen atoms in total. The maximum Gasteiger partial charge on any atom is 0.405 e. The zero-order valence-electron chi connectivity index (χ0n) is 31.2. The number of urea groups is 1. The minimum Gasteiger partial charge on any atom is -0.439 e. The van der Waals surface area contributed by atoms with Crippen molar-refractivity contribution in [2.45, 2.75) is 91.3 Å². The normalized spacial score (nSPS) is 31.0. The number of aliphatic hydroxyl groups is 1. The molecule has 15 heteroatoms. The molecule has 0 spiro atoms. The van der Waals surface area contributed by atoms with E-state index in [4.69, 9.17) is 19.9 Å².